The summed E-state index contributed by atoms with van der Waals surface area (Å²) in [5, 5.41) is 9.57. The predicted molar refractivity (Wildman–Crippen MR) is 65.1 cm³/mol. The first kappa shape index (κ1) is 13.1. The maximum Gasteiger partial charge on any atom is 0.129 e. The number of methoxy groups -OCH3 is 1. The molecule has 1 unspecified atom stereocenters. The average molecular weight is 254 g/mol. The Hall–Kier alpha value is -1.30. The molecule has 1 aromatic carbocycles. The van der Waals surface area contributed by atoms with Gasteiger partial charge in [-0.15, -0.1) is 0 Å². The third-order valence-electron chi connectivity index (χ3n) is 2.67. The molecule has 1 heterocycles. The highest BCUT2D eigenvalue weighted by Crippen LogP contribution is 2.34. The van der Waals surface area contributed by atoms with Gasteiger partial charge < -0.3 is 24.1 Å². The third-order valence-corrected chi connectivity index (χ3v) is 2.67. The van der Waals surface area contributed by atoms with Crippen LogP contribution in [0.1, 0.15) is 11.7 Å². The Labute approximate surface area is 106 Å². The van der Waals surface area contributed by atoms with Crippen LogP contribution in [0, 0.1) is 0 Å². The van der Waals surface area contributed by atoms with Gasteiger partial charge in [-0.25, -0.2) is 0 Å². The molecule has 0 fully saturated rings. The van der Waals surface area contributed by atoms with Crippen LogP contribution in [-0.2, 0) is 9.47 Å². The van der Waals surface area contributed by atoms with E-state index in [9.17, 15) is 5.11 Å². The molecule has 0 bridgehead atoms. The fourth-order valence-electron chi connectivity index (χ4n) is 1.73. The lowest BCUT2D eigenvalue weighted by molar-refractivity contribution is 0.0544. The molecule has 1 atom stereocenters. The van der Waals surface area contributed by atoms with Crippen molar-refractivity contribution in [2.45, 2.75) is 6.10 Å². The summed E-state index contributed by atoms with van der Waals surface area (Å²) in [4.78, 5) is 0. The van der Waals surface area contributed by atoms with E-state index in [1.807, 2.05) is 12.1 Å². The molecule has 0 saturated carbocycles. The Morgan fingerprint density at radius 3 is 2.94 bits per heavy atom. The van der Waals surface area contributed by atoms with E-state index in [1.54, 1.807) is 13.2 Å². The maximum absolute atomic E-state index is 9.57. The first-order chi connectivity index (χ1) is 8.81. The normalized spacial score (nSPS) is 17.3. The molecule has 1 aliphatic rings. The van der Waals surface area contributed by atoms with Crippen LogP contribution < -0.4 is 9.47 Å². The maximum atomic E-state index is 9.57. The van der Waals surface area contributed by atoms with Crippen LogP contribution in [0.15, 0.2) is 18.2 Å². The quantitative estimate of drug-likeness (QED) is 0.740. The lowest BCUT2D eigenvalue weighted by Crippen LogP contribution is -2.09. The summed E-state index contributed by atoms with van der Waals surface area (Å²) in [5.41, 5.74) is 0.818. The lowest BCUT2D eigenvalue weighted by atomic mass is 10.1. The molecule has 1 aromatic rings. The second-order valence-electron chi connectivity index (χ2n) is 3.98. The first-order valence-corrected chi connectivity index (χ1v) is 5.95. The fourth-order valence-corrected chi connectivity index (χ4v) is 1.73. The van der Waals surface area contributed by atoms with Crippen LogP contribution in [0.2, 0.25) is 0 Å². The smallest absolute Gasteiger partial charge is 0.129 e. The number of fused-ring (bicyclic) bond motifs is 1. The van der Waals surface area contributed by atoms with Gasteiger partial charge in [0.05, 0.1) is 19.8 Å². The molecule has 2 rings (SSSR count). The van der Waals surface area contributed by atoms with Gasteiger partial charge in [-0.2, -0.15) is 0 Å². The van der Waals surface area contributed by atoms with Gasteiger partial charge in [0.1, 0.15) is 30.8 Å². The molecular weight excluding hydrogens is 236 g/mol. The van der Waals surface area contributed by atoms with E-state index < -0.39 is 6.10 Å². The highest BCUT2D eigenvalue weighted by molar-refractivity contribution is 5.44. The minimum absolute atomic E-state index is 0.318. The molecule has 0 aromatic heterocycles. The minimum Gasteiger partial charge on any atom is -0.491 e. The number of benzene rings is 1. The summed E-state index contributed by atoms with van der Waals surface area (Å²) in [6, 6.07) is 5.45. The van der Waals surface area contributed by atoms with Gasteiger partial charge in [0.2, 0.25) is 0 Å². The molecule has 1 N–H and O–H groups in total. The summed E-state index contributed by atoms with van der Waals surface area (Å²) in [5.74, 6) is 1.42. The SMILES string of the molecule is COCCOCCOc1ccc2c(c1)OCC2O. The van der Waals surface area contributed by atoms with Gasteiger partial charge >= 0.3 is 0 Å². The van der Waals surface area contributed by atoms with Crippen molar-refractivity contribution in [3.63, 3.8) is 0 Å². The van der Waals surface area contributed by atoms with Crippen molar-refractivity contribution in [2.75, 3.05) is 40.1 Å². The van der Waals surface area contributed by atoms with Crippen LogP contribution in [0.4, 0.5) is 0 Å². The summed E-state index contributed by atoms with van der Waals surface area (Å²) in [6.07, 6.45) is -0.522. The van der Waals surface area contributed by atoms with Gasteiger partial charge in [0, 0.05) is 18.7 Å². The topological polar surface area (TPSA) is 57.2 Å². The molecule has 0 radical (unpaired) electrons. The van der Waals surface area contributed by atoms with E-state index in [4.69, 9.17) is 18.9 Å². The molecule has 5 heteroatoms. The van der Waals surface area contributed by atoms with Crippen molar-refractivity contribution in [1.29, 1.82) is 0 Å². The van der Waals surface area contributed by atoms with Crippen molar-refractivity contribution in [1.82, 2.24) is 0 Å². The molecule has 100 valence electrons. The van der Waals surface area contributed by atoms with E-state index in [2.05, 4.69) is 0 Å². The van der Waals surface area contributed by atoms with Crippen molar-refractivity contribution in [2.24, 2.45) is 0 Å². The monoisotopic (exact) mass is 254 g/mol. The molecule has 0 aliphatic carbocycles. The molecule has 0 saturated heterocycles. The van der Waals surface area contributed by atoms with Gasteiger partial charge in [0.25, 0.3) is 0 Å². The lowest BCUT2D eigenvalue weighted by Gasteiger charge is -2.08. The van der Waals surface area contributed by atoms with Gasteiger partial charge in [0.15, 0.2) is 0 Å². The van der Waals surface area contributed by atoms with E-state index in [0.29, 0.717) is 38.8 Å². The van der Waals surface area contributed by atoms with E-state index >= 15 is 0 Å². The standard InChI is InChI=1S/C13H18O5/c1-15-4-5-16-6-7-17-10-2-3-11-12(14)9-18-13(11)8-10/h2-3,8,12,14H,4-7,9H2,1H3. The summed E-state index contributed by atoms with van der Waals surface area (Å²) >= 11 is 0. The molecule has 5 nitrogen and oxygen atoms in total. The van der Waals surface area contributed by atoms with Crippen LogP contribution in [0.3, 0.4) is 0 Å². The zero-order valence-corrected chi connectivity index (χ0v) is 10.4. The predicted octanol–water partition coefficient (Wildman–Crippen LogP) is 1.15. The Morgan fingerprint density at radius 2 is 2.11 bits per heavy atom. The summed E-state index contributed by atoms with van der Waals surface area (Å²) < 4.78 is 21.0. The zero-order chi connectivity index (χ0) is 12.8. The van der Waals surface area contributed by atoms with Crippen LogP contribution >= 0.6 is 0 Å². The van der Waals surface area contributed by atoms with Crippen LogP contribution in [0.25, 0.3) is 0 Å². The molecule has 0 amide bonds. The van der Waals surface area contributed by atoms with Crippen molar-refractivity contribution >= 4 is 0 Å². The van der Waals surface area contributed by atoms with Crippen LogP contribution in [0.5, 0.6) is 11.5 Å². The van der Waals surface area contributed by atoms with Crippen molar-refractivity contribution < 1.29 is 24.1 Å². The number of hydrogen-bond donors (Lipinski definition) is 1. The Morgan fingerprint density at radius 1 is 1.28 bits per heavy atom. The minimum atomic E-state index is -0.522. The van der Waals surface area contributed by atoms with Crippen molar-refractivity contribution in [3.8, 4) is 11.5 Å². The second-order valence-corrected chi connectivity index (χ2v) is 3.98. The molecule has 0 spiro atoms. The molecule has 18 heavy (non-hydrogen) atoms. The summed E-state index contributed by atoms with van der Waals surface area (Å²) in [6.45, 7) is 2.47. The Kier molecular flexibility index (Phi) is 4.81. The largest absolute Gasteiger partial charge is 0.491 e. The Balaban J connectivity index is 1.74. The molecular formula is C13H18O5. The Bertz CT molecular complexity index is 380. The summed E-state index contributed by atoms with van der Waals surface area (Å²) in [7, 11) is 1.64. The molecule has 1 aliphatic heterocycles. The van der Waals surface area contributed by atoms with E-state index in [-0.39, 0.29) is 0 Å². The van der Waals surface area contributed by atoms with E-state index in [0.717, 1.165) is 11.3 Å². The number of hydrogen-bond acceptors (Lipinski definition) is 5. The fraction of sp³-hybridized carbons (Fsp3) is 0.538. The zero-order valence-electron chi connectivity index (χ0n) is 10.4. The highest BCUT2D eigenvalue weighted by Gasteiger charge is 2.21. The number of rotatable bonds is 7. The van der Waals surface area contributed by atoms with Gasteiger partial charge in [-0.1, -0.05) is 0 Å². The number of ether oxygens (including phenoxy) is 4. The number of aliphatic hydroxyl groups excluding tert-OH is 1. The van der Waals surface area contributed by atoms with Crippen LogP contribution in [-0.4, -0.2) is 45.3 Å². The van der Waals surface area contributed by atoms with Crippen molar-refractivity contribution in [3.05, 3.63) is 23.8 Å². The number of aliphatic hydroxyl groups is 1. The van der Waals surface area contributed by atoms with Gasteiger partial charge in [-0.05, 0) is 12.1 Å². The van der Waals surface area contributed by atoms with Gasteiger partial charge in [-0.3, -0.25) is 0 Å². The second kappa shape index (κ2) is 6.58. The third kappa shape index (κ3) is 3.35. The first-order valence-electron chi connectivity index (χ1n) is 5.95. The average Bonchev–Trinajstić information content (AvgIpc) is 2.75. The highest BCUT2D eigenvalue weighted by atomic mass is 16.5. The van der Waals surface area contributed by atoms with E-state index in [1.165, 1.54) is 0 Å².